The molecule has 0 unspecified atom stereocenters. The molecular formula is C27H24ClFN6. The summed E-state index contributed by atoms with van der Waals surface area (Å²) in [6, 6.07) is 15.7. The minimum Gasteiger partial charge on any atom is -0.372 e. The quantitative estimate of drug-likeness (QED) is 0.304. The second-order valence-corrected chi connectivity index (χ2v) is 8.86. The third-order valence-corrected chi connectivity index (χ3v) is 6.77. The molecule has 0 bridgehead atoms. The van der Waals surface area contributed by atoms with Crippen molar-refractivity contribution in [3.05, 3.63) is 65.7 Å². The van der Waals surface area contributed by atoms with Crippen molar-refractivity contribution >= 4 is 40.0 Å². The van der Waals surface area contributed by atoms with Gasteiger partial charge in [-0.25, -0.2) is 9.37 Å². The zero-order valence-corrected chi connectivity index (χ0v) is 20.0. The fourth-order valence-electron chi connectivity index (χ4n) is 5.04. The lowest BCUT2D eigenvalue weighted by Gasteiger charge is -2.29. The van der Waals surface area contributed by atoms with Crippen LogP contribution in [0.4, 0.5) is 10.1 Å². The zero-order chi connectivity index (χ0) is 23.2. The Kier molecular flexibility index (Phi) is 5.91. The average Bonchev–Trinajstić information content (AvgIpc) is 3.48. The van der Waals surface area contributed by atoms with Gasteiger partial charge in [0.25, 0.3) is 0 Å². The van der Waals surface area contributed by atoms with E-state index in [1.807, 2.05) is 25.1 Å². The topological polar surface area (TPSA) is 84.4 Å². The Hall–Kier alpha value is -3.89. The number of aromatic amines is 2. The molecule has 0 radical (unpaired) electrons. The van der Waals surface area contributed by atoms with Gasteiger partial charge in [-0.3, -0.25) is 5.10 Å². The van der Waals surface area contributed by atoms with Crippen LogP contribution in [-0.2, 0) is 0 Å². The van der Waals surface area contributed by atoms with Crippen molar-refractivity contribution in [3.8, 4) is 28.5 Å². The Morgan fingerprint density at radius 3 is 2.57 bits per heavy atom. The number of pyridine rings is 1. The number of piperidine rings is 1. The van der Waals surface area contributed by atoms with Gasteiger partial charge < -0.3 is 9.88 Å². The minimum absolute atomic E-state index is 0. The molecule has 3 aromatic heterocycles. The molecule has 1 saturated heterocycles. The predicted octanol–water partition coefficient (Wildman–Crippen LogP) is 6.50. The molecule has 1 fully saturated rings. The third kappa shape index (κ3) is 3.80. The number of aromatic nitrogens is 4. The monoisotopic (exact) mass is 486 g/mol. The molecule has 0 spiro atoms. The lowest BCUT2D eigenvalue weighted by atomic mass is 9.92. The Labute approximate surface area is 208 Å². The van der Waals surface area contributed by atoms with Crippen molar-refractivity contribution < 1.29 is 4.39 Å². The van der Waals surface area contributed by atoms with Crippen molar-refractivity contribution in [2.45, 2.75) is 26.2 Å². The first-order valence-electron chi connectivity index (χ1n) is 11.5. The van der Waals surface area contributed by atoms with Crippen molar-refractivity contribution in [3.63, 3.8) is 0 Å². The fourth-order valence-corrected chi connectivity index (χ4v) is 5.04. The third-order valence-electron chi connectivity index (χ3n) is 6.77. The van der Waals surface area contributed by atoms with E-state index in [2.05, 4.69) is 43.3 Å². The summed E-state index contributed by atoms with van der Waals surface area (Å²) >= 11 is 0. The number of benzene rings is 2. The van der Waals surface area contributed by atoms with Gasteiger partial charge in [0.2, 0.25) is 0 Å². The number of nitrogens with zero attached hydrogens (tertiary/aromatic N) is 4. The molecule has 1 aliphatic heterocycles. The summed E-state index contributed by atoms with van der Waals surface area (Å²) in [4.78, 5) is 10.1. The van der Waals surface area contributed by atoms with Crippen LogP contribution in [0.3, 0.4) is 0 Å². The second-order valence-electron chi connectivity index (χ2n) is 8.86. The van der Waals surface area contributed by atoms with E-state index >= 15 is 4.39 Å². The summed E-state index contributed by atoms with van der Waals surface area (Å²) in [5.41, 5.74) is 5.72. The number of aryl methyl sites for hydroxylation is 1. The highest BCUT2D eigenvalue weighted by molar-refractivity contribution is 6.01. The van der Waals surface area contributed by atoms with Gasteiger partial charge in [0.15, 0.2) is 5.65 Å². The number of anilines is 1. The van der Waals surface area contributed by atoms with Crippen molar-refractivity contribution in [1.82, 2.24) is 20.2 Å². The van der Waals surface area contributed by atoms with Crippen LogP contribution in [0.2, 0.25) is 0 Å². The highest BCUT2D eigenvalue weighted by atomic mass is 35.5. The zero-order valence-electron chi connectivity index (χ0n) is 19.2. The fraction of sp³-hybridized carbons (Fsp3) is 0.222. The highest BCUT2D eigenvalue weighted by Crippen LogP contribution is 2.39. The van der Waals surface area contributed by atoms with E-state index in [0.717, 1.165) is 40.7 Å². The summed E-state index contributed by atoms with van der Waals surface area (Å²) < 4.78 is 15.2. The van der Waals surface area contributed by atoms with Crippen molar-refractivity contribution in [2.24, 2.45) is 0 Å². The van der Waals surface area contributed by atoms with Gasteiger partial charge >= 0.3 is 0 Å². The number of hydrogen-bond donors (Lipinski definition) is 2. The van der Waals surface area contributed by atoms with Gasteiger partial charge in [0.05, 0.1) is 16.6 Å². The number of fused-ring (bicyclic) bond motifs is 2. The number of nitrogens with one attached hydrogen (secondary N) is 2. The molecule has 35 heavy (non-hydrogen) atoms. The van der Waals surface area contributed by atoms with E-state index in [0.29, 0.717) is 22.4 Å². The Bertz CT molecular complexity index is 1570. The molecule has 2 N–H and O–H groups in total. The lowest BCUT2D eigenvalue weighted by Crippen LogP contribution is -2.29. The van der Waals surface area contributed by atoms with Gasteiger partial charge in [0, 0.05) is 52.7 Å². The molecule has 176 valence electrons. The summed E-state index contributed by atoms with van der Waals surface area (Å²) in [5, 5.41) is 19.3. The van der Waals surface area contributed by atoms with Crippen LogP contribution >= 0.6 is 12.4 Å². The first-order valence-corrected chi connectivity index (χ1v) is 11.5. The van der Waals surface area contributed by atoms with Gasteiger partial charge in [-0.05, 0) is 62.1 Å². The molecular weight excluding hydrogens is 463 g/mol. The number of nitriles is 1. The van der Waals surface area contributed by atoms with Gasteiger partial charge in [0.1, 0.15) is 11.9 Å². The maximum absolute atomic E-state index is 15.2. The maximum atomic E-state index is 15.2. The van der Waals surface area contributed by atoms with Crippen molar-refractivity contribution in [2.75, 3.05) is 18.0 Å². The lowest BCUT2D eigenvalue weighted by molar-refractivity contribution is 0.578. The molecule has 6 rings (SSSR count). The standard InChI is InChI=1S/C27H23FN6.ClH/c1-16-24-25(17-5-7-19(8-6-17)34-11-3-2-4-12-34)21(15-29)26(31-27(24)33-32-16)20-13-18-9-10-30-23(18)14-22(20)28;/h5-10,13-14,30H,2-4,11-12H2,1H3,(H,31,32,33);1H. The molecule has 0 aliphatic carbocycles. The SMILES string of the molecule is Cc1[nH]nc2nc(-c3cc4cc[nH]c4cc3F)c(C#N)c(-c3ccc(N4CCCCC4)cc3)c12.Cl. The largest absolute Gasteiger partial charge is 0.372 e. The van der Waals surface area contributed by atoms with Crippen LogP contribution < -0.4 is 4.90 Å². The summed E-state index contributed by atoms with van der Waals surface area (Å²) in [5.74, 6) is -0.433. The Morgan fingerprint density at radius 2 is 1.83 bits per heavy atom. The molecule has 0 atom stereocenters. The number of hydrogen-bond acceptors (Lipinski definition) is 4. The molecule has 8 heteroatoms. The van der Waals surface area contributed by atoms with Crippen LogP contribution in [0, 0.1) is 24.1 Å². The average molecular weight is 487 g/mol. The summed E-state index contributed by atoms with van der Waals surface area (Å²) in [7, 11) is 0. The van der Waals surface area contributed by atoms with Gasteiger partial charge in [-0.1, -0.05) is 12.1 Å². The molecule has 2 aromatic carbocycles. The molecule has 4 heterocycles. The van der Waals surface area contributed by atoms with E-state index in [-0.39, 0.29) is 18.0 Å². The Morgan fingerprint density at radius 1 is 1.06 bits per heavy atom. The summed E-state index contributed by atoms with van der Waals surface area (Å²) in [6.45, 7) is 4.04. The first kappa shape index (κ1) is 22.9. The van der Waals surface area contributed by atoms with Gasteiger partial charge in [-0.15, -0.1) is 12.4 Å². The van der Waals surface area contributed by atoms with Crippen LogP contribution in [-0.4, -0.2) is 33.3 Å². The number of H-pyrrole nitrogens is 2. The molecule has 0 saturated carbocycles. The molecule has 0 amide bonds. The van der Waals surface area contributed by atoms with E-state index in [1.54, 1.807) is 12.3 Å². The Balaban J connectivity index is 0.00000253. The summed E-state index contributed by atoms with van der Waals surface area (Å²) in [6.07, 6.45) is 5.46. The van der Waals surface area contributed by atoms with E-state index in [4.69, 9.17) is 0 Å². The van der Waals surface area contributed by atoms with Crippen molar-refractivity contribution in [1.29, 1.82) is 5.26 Å². The second kappa shape index (κ2) is 9.05. The van der Waals surface area contributed by atoms with Crippen LogP contribution in [0.25, 0.3) is 44.3 Å². The predicted molar refractivity (Wildman–Crippen MR) is 139 cm³/mol. The normalized spacial score (nSPS) is 13.7. The van der Waals surface area contributed by atoms with Crippen LogP contribution in [0.5, 0.6) is 0 Å². The molecule has 1 aliphatic rings. The number of halogens is 2. The van der Waals surface area contributed by atoms with Crippen LogP contribution in [0.1, 0.15) is 30.5 Å². The van der Waals surface area contributed by atoms with Gasteiger partial charge in [-0.2, -0.15) is 10.4 Å². The minimum atomic E-state index is -0.433. The first-order chi connectivity index (χ1) is 16.6. The smallest absolute Gasteiger partial charge is 0.182 e. The molecule has 6 nitrogen and oxygen atoms in total. The maximum Gasteiger partial charge on any atom is 0.182 e. The van der Waals surface area contributed by atoms with E-state index < -0.39 is 5.82 Å². The number of rotatable bonds is 3. The van der Waals surface area contributed by atoms with E-state index in [9.17, 15) is 5.26 Å². The highest BCUT2D eigenvalue weighted by Gasteiger charge is 2.23. The van der Waals surface area contributed by atoms with E-state index in [1.165, 1.54) is 31.0 Å². The molecule has 5 aromatic rings. The van der Waals surface area contributed by atoms with Crippen LogP contribution in [0.15, 0.2) is 48.7 Å².